The van der Waals surface area contributed by atoms with Gasteiger partial charge in [0.15, 0.2) is 5.67 Å². The topological polar surface area (TPSA) is 97.2 Å². The Bertz CT molecular complexity index is 1440. The number of nitrogens with one attached hydrogen (secondary N) is 1. The third kappa shape index (κ3) is 4.02. The van der Waals surface area contributed by atoms with Crippen LogP contribution in [-0.4, -0.2) is 46.6 Å². The van der Waals surface area contributed by atoms with Gasteiger partial charge in [-0.25, -0.2) is 35.9 Å². The second-order valence-corrected chi connectivity index (χ2v) is 10.3. The van der Waals surface area contributed by atoms with E-state index < -0.39 is 58.2 Å². The highest BCUT2D eigenvalue weighted by atomic mass is 32.2. The van der Waals surface area contributed by atoms with Crippen molar-refractivity contribution in [3.05, 3.63) is 63.5 Å². The maximum atomic E-state index is 15.5. The maximum absolute atomic E-state index is 15.5. The monoisotopic (exact) mass is 499 g/mol. The molecule has 1 saturated heterocycles. The predicted octanol–water partition coefficient (Wildman–Crippen LogP) is 3.02. The molecular weight excluding hydrogens is 478 g/mol. The summed E-state index contributed by atoms with van der Waals surface area (Å²) in [7, 11) is -2.24. The summed E-state index contributed by atoms with van der Waals surface area (Å²) in [6.45, 7) is 0.521. The SMILES string of the molecule is C[C@@H](Nc1ncnc2c1cc(C1(F)CN(S(C)(=O)=O)C1)c(=O)n2C)c1cccc(C(F)F)c1F. The van der Waals surface area contributed by atoms with E-state index in [0.29, 0.717) is 0 Å². The highest BCUT2D eigenvalue weighted by Gasteiger charge is 2.50. The van der Waals surface area contributed by atoms with Crippen molar-refractivity contribution in [2.24, 2.45) is 7.05 Å². The van der Waals surface area contributed by atoms with Gasteiger partial charge in [0.2, 0.25) is 10.0 Å². The van der Waals surface area contributed by atoms with Crippen LogP contribution in [0.25, 0.3) is 11.0 Å². The summed E-state index contributed by atoms with van der Waals surface area (Å²) in [5, 5.41) is 3.15. The van der Waals surface area contributed by atoms with Gasteiger partial charge in [0.1, 0.15) is 23.6 Å². The number of rotatable bonds is 6. The fraction of sp³-hybridized carbons (Fsp3) is 0.381. The Hall–Kier alpha value is -3.06. The average molecular weight is 499 g/mol. The van der Waals surface area contributed by atoms with E-state index in [1.165, 1.54) is 32.2 Å². The number of pyridine rings is 1. The van der Waals surface area contributed by atoms with E-state index in [2.05, 4.69) is 15.3 Å². The minimum absolute atomic E-state index is 0.0284. The molecule has 34 heavy (non-hydrogen) atoms. The minimum atomic E-state index is -3.62. The zero-order valence-electron chi connectivity index (χ0n) is 18.4. The second kappa shape index (κ2) is 8.31. The number of fused-ring (bicyclic) bond motifs is 1. The Morgan fingerprint density at radius 1 is 1.18 bits per heavy atom. The molecule has 1 fully saturated rings. The van der Waals surface area contributed by atoms with Crippen molar-refractivity contribution in [3.63, 3.8) is 0 Å². The maximum Gasteiger partial charge on any atom is 0.266 e. The van der Waals surface area contributed by atoms with Crippen LogP contribution in [0, 0.1) is 5.82 Å². The Morgan fingerprint density at radius 3 is 2.44 bits per heavy atom. The lowest BCUT2D eigenvalue weighted by atomic mass is 9.90. The van der Waals surface area contributed by atoms with Crippen molar-refractivity contribution in [2.45, 2.75) is 25.1 Å². The van der Waals surface area contributed by atoms with Crippen LogP contribution in [0.2, 0.25) is 0 Å². The van der Waals surface area contributed by atoms with Gasteiger partial charge in [-0.2, -0.15) is 4.31 Å². The summed E-state index contributed by atoms with van der Waals surface area (Å²) in [6.07, 6.45) is -0.883. The number of anilines is 1. The first kappa shape index (κ1) is 24.1. The van der Waals surface area contributed by atoms with Gasteiger partial charge < -0.3 is 5.32 Å². The molecule has 2 aromatic heterocycles. The zero-order chi connectivity index (χ0) is 25.0. The highest BCUT2D eigenvalue weighted by Crippen LogP contribution is 2.37. The fourth-order valence-electron chi connectivity index (χ4n) is 3.98. The summed E-state index contributed by atoms with van der Waals surface area (Å²) in [6, 6.07) is 4.10. The van der Waals surface area contributed by atoms with Crippen LogP contribution >= 0.6 is 0 Å². The van der Waals surface area contributed by atoms with Gasteiger partial charge in [0, 0.05) is 12.6 Å². The number of benzene rings is 1. The molecule has 8 nitrogen and oxygen atoms in total. The normalized spacial score (nSPS) is 17.1. The number of halogens is 4. The zero-order valence-corrected chi connectivity index (χ0v) is 19.2. The molecule has 0 spiro atoms. The van der Waals surface area contributed by atoms with Crippen LogP contribution < -0.4 is 10.9 Å². The van der Waals surface area contributed by atoms with Crippen molar-refractivity contribution < 1.29 is 26.0 Å². The molecule has 0 amide bonds. The lowest BCUT2D eigenvalue weighted by Gasteiger charge is -2.42. The fourth-order valence-corrected chi connectivity index (χ4v) is 4.86. The number of hydrogen-bond acceptors (Lipinski definition) is 6. The first-order valence-electron chi connectivity index (χ1n) is 10.2. The van der Waals surface area contributed by atoms with Crippen LogP contribution in [0.15, 0.2) is 35.4 Å². The molecule has 1 aliphatic rings. The molecule has 0 radical (unpaired) electrons. The molecule has 13 heteroatoms. The lowest BCUT2D eigenvalue weighted by Crippen LogP contribution is -2.60. The largest absolute Gasteiger partial charge is 0.363 e. The van der Waals surface area contributed by atoms with Crippen molar-refractivity contribution in [3.8, 4) is 0 Å². The average Bonchev–Trinajstić information content (AvgIpc) is 2.73. The predicted molar refractivity (Wildman–Crippen MR) is 117 cm³/mol. The Kier molecular flexibility index (Phi) is 5.88. The van der Waals surface area contributed by atoms with Gasteiger partial charge in [0.05, 0.1) is 41.9 Å². The number of aryl methyl sites for hydroxylation is 1. The van der Waals surface area contributed by atoms with Crippen LogP contribution in [0.3, 0.4) is 0 Å². The first-order valence-corrected chi connectivity index (χ1v) is 12.0. The van der Waals surface area contributed by atoms with Gasteiger partial charge in [-0.05, 0) is 13.0 Å². The molecule has 0 unspecified atom stereocenters. The van der Waals surface area contributed by atoms with Crippen molar-refractivity contribution >= 4 is 26.9 Å². The number of aromatic nitrogens is 3. The molecule has 3 heterocycles. The molecule has 0 aliphatic carbocycles. The summed E-state index contributed by atoms with van der Waals surface area (Å²) in [4.78, 5) is 21.0. The van der Waals surface area contributed by atoms with E-state index in [4.69, 9.17) is 0 Å². The van der Waals surface area contributed by atoms with Crippen molar-refractivity contribution in [1.29, 1.82) is 0 Å². The third-order valence-corrected chi connectivity index (χ3v) is 7.12. The van der Waals surface area contributed by atoms with Gasteiger partial charge in [-0.15, -0.1) is 0 Å². The quantitative estimate of drug-likeness (QED) is 0.524. The van der Waals surface area contributed by atoms with Crippen molar-refractivity contribution in [1.82, 2.24) is 18.8 Å². The highest BCUT2D eigenvalue weighted by molar-refractivity contribution is 7.88. The van der Waals surface area contributed by atoms with E-state index in [9.17, 15) is 26.4 Å². The number of hydrogen-bond donors (Lipinski definition) is 1. The summed E-state index contributed by atoms with van der Waals surface area (Å²) in [5.41, 5.74) is -3.76. The summed E-state index contributed by atoms with van der Waals surface area (Å²) >= 11 is 0. The van der Waals surface area contributed by atoms with E-state index >= 15 is 4.39 Å². The lowest BCUT2D eigenvalue weighted by molar-refractivity contribution is 0.0170. The van der Waals surface area contributed by atoms with Crippen LogP contribution in [0.4, 0.5) is 23.4 Å². The number of alkyl halides is 3. The smallest absolute Gasteiger partial charge is 0.266 e. The third-order valence-electron chi connectivity index (χ3n) is 5.92. The van der Waals surface area contributed by atoms with Crippen LogP contribution in [0.1, 0.15) is 36.1 Å². The van der Waals surface area contributed by atoms with E-state index in [-0.39, 0.29) is 28.0 Å². The first-order chi connectivity index (χ1) is 15.8. The van der Waals surface area contributed by atoms with Gasteiger partial charge in [-0.3, -0.25) is 9.36 Å². The molecule has 1 aliphatic heterocycles. The molecule has 1 aromatic carbocycles. The molecule has 0 saturated carbocycles. The molecule has 0 bridgehead atoms. The summed E-state index contributed by atoms with van der Waals surface area (Å²) < 4.78 is 81.7. The van der Waals surface area contributed by atoms with Crippen LogP contribution in [-0.2, 0) is 22.7 Å². The van der Waals surface area contributed by atoms with Gasteiger partial charge >= 0.3 is 0 Å². The molecule has 182 valence electrons. The number of nitrogens with zero attached hydrogens (tertiary/aromatic N) is 4. The second-order valence-electron chi connectivity index (χ2n) is 8.30. The van der Waals surface area contributed by atoms with Gasteiger partial charge in [-0.1, -0.05) is 18.2 Å². The molecule has 1 atom stereocenters. The molecule has 1 N–H and O–H groups in total. The van der Waals surface area contributed by atoms with Crippen LogP contribution in [0.5, 0.6) is 0 Å². The Balaban J connectivity index is 1.76. The summed E-state index contributed by atoms with van der Waals surface area (Å²) in [5.74, 6) is -0.930. The van der Waals surface area contributed by atoms with Crippen molar-refractivity contribution in [2.75, 3.05) is 24.7 Å². The van der Waals surface area contributed by atoms with Gasteiger partial charge in [0.25, 0.3) is 12.0 Å². The standard InChI is InChI=1S/C21H21F4N5O3S/c1-11(12-5-4-6-13(16(12)22)17(23)24)28-18-14-7-15(20(31)29(2)19(14)27-10-26-18)21(25)8-30(9-21)34(3,32)33/h4-7,10-11,17H,8-9H2,1-3H3,(H,26,27,28)/t11-/m1/s1. The van der Waals surface area contributed by atoms with E-state index in [1.807, 2.05) is 0 Å². The number of sulfonamides is 1. The Labute approximate surface area is 192 Å². The molecule has 3 aromatic rings. The Morgan fingerprint density at radius 2 is 1.82 bits per heavy atom. The molecular formula is C21H21F4N5O3S. The minimum Gasteiger partial charge on any atom is -0.363 e. The molecule has 4 rings (SSSR count). The van der Waals surface area contributed by atoms with E-state index in [0.717, 1.165) is 27.5 Å². The van der Waals surface area contributed by atoms with E-state index in [1.54, 1.807) is 0 Å².